The van der Waals surface area contributed by atoms with Gasteiger partial charge in [0, 0.05) is 13.2 Å². The predicted octanol–water partition coefficient (Wildman–Crippen LogP) is -2.66. The summed E-state index contributed by atoms with van der Waals surface area (Å²) in [6, 6.07) is 0. The minimum Gasteiger partial charge on any atom is -0.387 e. The number of phosphoric ester groups is 1. The maximum absolute atomic E-state index is 11.8. The number of ether oxygens (including phenoxy) is 1. The molecule has 5 N–H and O–H groups in total. The number of phosphoric acid groups is 1. The largest absolute Gasteiger partial charge is 0.469 e. The molecule has 1 aliphatic heterocycles. The number of aliphatic hydroxyl groups excluding tert-OH is 2. The van der Waals surface area contributed by atoms with Crippen molar-refractivity contribution in [3.63, 3.8) is 0 Å². The summed E-state index contributed by atoms with van der Waals surface area (Å²) in [6.45, 7) is -0.678. The van der Waals surface area contributed by atoms with Crippen LogP contribution in [0.15, 0.2) is 15.8 Å². The molecule has 0 radical (unpaired) electrons. The third kappa shape index (κ3) is 3.52. The molecule has 12 heteroatoms. The average molecular weight is 338 g/mol. The molecule has 2 heterocycles. The molecule has 1 aromatic rings. The lowest BCUT2D eigenvalue weighted by Crippen LogP contribution is -2.35. The third-order valence-corrected chi connectivity index (χ3v) is 3.70. The van der Waals surface area contributed by atoms with Crippen molar-refractivity contribution in [2.75, 3.05) is 6.61 Å². The zero-order valence-corrected chi connectivity index (χ0v) is 12.2. The first-order valence-electron chi connectivity index (χ1n) is 6.11. The van der Waals surface area contributed by atoms with Gasteiger partial charge in [-0.05, 0) is 0 Å². The highest BCUT2D eigenvalue weighted by atomic mass is 31.2. The Morgan fingerprint density at radius 2 is 2.00 bits per heavy atom. The summed E-state index contributed by atoms with van der Waals surface area (Å²) in [6.07, 6.45) is -4.41. The van der Waals surface area contributed by atoms with E-state index in [0.29, 0.717) is 0 Å². The van der Waals surface area contributed by atoms with E-state index in [1.165, 1.54) is 7.05 Å². The molecule has 1 aliphatic rings. The van der Waals surface area contributed by atoms with Crippen LogP contribution in [0.5, 0.6) is 0 Å². The highest BCUT2D eigenvalue weighted by Gasteiger charge is 2.45. The second-order valence-electron chi connectivity index (χ2n) is 4.82. The monoisotopic (exact) mass is 338 g/mol. The molecule has 4 atom stereocenters. The zero-order valence-electron chi connectivity index (χ0n) is 11.3. The van der Waals surface area contributed by atoms with Crippen molar-refractivity contribution in [3.8, 4) is 0 Å². The minimum absolute atomic E-state index is 0.104. The first kappa shape index (κ1) is 17.0. The quantitative estimate of drug-likeness (QED) is 0.367. The Bertz CT molecular complexity index is 707. The summed E-state index contributed by atoms with van der Waals surface area (Å²) < 4.78 is 21.2. The molecule has 1 saturated heterocycles. The molecule has 2 rings (SSSR count). The van der Waals surface area contributed by atoms with E-state index in [9.17, 15) is 24.4 Å². The topological polar surface area (TPSA) is 171 Å². The fourth-order valence-electron chi connectivity index (χ4n) is 2.10. The number of hydrogen-bond acceptors (Lipinski definition) is 7. The van der Waals surface area contributed by atoms with Gasteiger partial charge in [0.1, 0.15) is 24.4 Å². The lowest BCUT2D eigenvalue weighted by molar-refractivity contribution is -0.0229. The maximum Gasteiger partial charge on any atom is 0.469 e. The summed E-state index contributed by atoms with van der Waals surface area (Å²) in [5.74, 6) is 0. The second kappa shape index (κ2) is 6.05. The third-order valence-electron chi connectivity index (χ3n) is 3.21. The summed E-state index contributed by atoms with van der Waals surface area (Å²) in [5.41, 5.74) is -1.56. The fourth-order valence-corrected chi connectivity index (χ4v) is 2.44. The zero-order chi connectivity index (χ0) is 16.7. The van der Waals surface area contributed by atoms with Crippen molar-refractivity contribution in [3.05, 3.63) is 32.6 Å². The van der Waals surface area contributed by atoms with E-state index in [1.807, 2.05) is 4.98 Å². The number of aryl methyl sites for hydroxylation is 1. The molecule has 11 nitrogen and oxygen atoms in total. The van der Waals surface area contributed by atoms with Gasteiger partial charge in [-0.2, -0.15) is 0 Å². The van der Waals surface area contributed by atoms with Gasteiger partial charge in [-0.1, -0.05) is 0 Å². The molecule has 0 bridgehead atoms. The molecule has 22 heavy (non-hydrogen) atoms. The highest BCUT2D eigenvalue weighted by Crippen LogP contribution is 2.38. The average Bonchev–Trinajstić information content (AvgIpc) is 2.68. The van der Waals surface area contributed by atoms with Gasteiger partial charge in [0.2, 0.25) is 0 Å². The Balaban J connectivity index is 2.23. The Kier molecular flexibility index (Phi) is 4.68. The number of aromatic nitrogens is 2. The summed E-state index contributed by atoms with van der Waals surface area (Å²) in [5, 5.41) is 19.7. The van der Waals surface area contributed by atoms with E-state index in [0.717, 1.165) is 10.8 Å². The molecule has 1 fully saturated rings. The van der Waals surface area contributed by atoms with Crippen molar-refractivity contribution >= 4 is 7.82 Å². The van der Waals surface area contributed by atoms with Gasteiger partial charge in [-0.3, -0.25) is 14.3 Å². The normalized spacial score (nSPS) is 29.0. The van der Waals surface area contributed by atoms with Crippen LogP contribution in [0.2, 0.25) is 0 Å². The first-order chi connectivity index (χ1) is 10.1. The van der Waals surface area contributed by atoms with Crippen LogP contribution in [-0.4, -0.2) is 54.5 Å². The van der Waals surface area contributed by atoms with Crippen molar-refractivity contribution in [2.45, 2.75) is 24.4 Å². The molecule has 0 aromatic carbocycles. The molecule has 1 aromatic heterocycles. The smallest absolute Gasteiger partial charge is 0.387 e. The van der Waals surface area contributed by atoms with Crippen molar-refractivity contribution in [1.29, 1.82) is 0 Å². The lowest BCUT2D eigenvalue weighted by atomic mass is 10.0. The van der Waals surface area contributed by atoms with Crippen molar-refractivity contribution < 1.29 is 33.8 Å². The van der Waals surface area contributed by atoms with Gasteiger partial charge in [0.05, 0.1) is 12.2 Å². The lowest BCUT2D eigenvalue weighted by Gasteiger charge is -2.14. The predicted molar refractivity (Wildman–Crippen MR) is 69.9 cm³/mol. The molecule has 124 valence electrons. The van der Waals surface area contributed by atoms with Crippen molar-refractivity contribution in [1.82, 2.24) is 9.55 Å². The number of nitrogens with zero attached hydrogens (tertiary/aromatic N) is 1. The molecule has 0 aliphatic carbocycles. The van der Waals surface area contributed by atoms with Crippen LogP contribution in [-0.2, 0) is 20.9 Å². The van der Waals surface area contributed by atoms with E-state index in [-0.39, 0.29) is 5.56 Å². The minimum atomic E-state index is -4.77. The van der Waals surface area contributed by atoms with Gasteiger partial charge in [0.15, 0.2) is 0 Å². The Hall–Kier alpha value is -1.33. The molecular formula is C10H15N2O9P. The molecule has 3 unspecified atom stereocenters. The van der Waals surface area contributed by atoms with Gasteiger partial charge < -0.3 is 29.3 Å². The first-order valence-corrected chi connectivity index (χ1v) is 7.64. The van der Waals surface area contributed by atoms with Crippen LogP contribution in [0.4, 0.5) is 0 Å². The van der Waals surface area contributed by atoms with Crippen LogP contribution in [0.3, 0.4) is 0 Å². The van der Waals surface area contributed by atoms with Crippen LogP contribution in [0.1, 0.15) is 11.7 Å². The molecule has 0 saturated carbocycles. The molecular weight excluding hydrogens is 323 g/mol. The number of aromatic amines is 1. The summed E-state index contributed by atoms with van der Waals surface area (Å²) in [4.78, 5) is 42.3. The Labute approximate surface area is 123 Å². The van der Waals surface area contributed by atoms with Gasteiger partial charge in [-0.25, -0.2) is 9.36 Å². The number of aliphatic hydroxyl groups is 2. The second-order valence-corrected chi connectivity index (χ2v) is 6.06. The van der Waals surface area contributed by atoms with Crippen molar-refractivity contribution in [2.24, 2.45) is 7.05 Å². The number of rotatable bonds is 4. The highest BCUT2D eigenvalue weighted by molar-refractivity contribution is 7.46. The number of nitrogens with one attached hydrogen (secondary N) is 1. The summed E-state index contributed by atoms with van der Waals surface area (Å²) in [7, 11) is -3.40. The fraction of sp³-hybridized carbons (Fsp3) is 0.600. The number of H-pyrrole nitrogens is 1. The standard InChI is InChI=1S/C10H15N2O9P/c1-12-2-4(9(15)11-10(12)16)8-7(14)6(13)5(21-8)3-20-22(17,18)19/h2,5-8,13-14H,3H2,1H3,(H,11,15,16)(H2,17,18,19)/t5?,6-,7?,8?/m1/s1. The van der Waals surface area contributed by atoms with Gasteiger partial charge in [-0.15, -0.1) is 0 Å². The number of hydrogen-bond donors (Lipinski definition) is 5. The van der Waals surface area contributed by atoms with Crippen LogP contribution in [0.25, 0.3) is 0 Å². The van der Waals surface area contributed by atoms with Crippen LogP contribution in [0, 0.1) is 0 Å². The van der Waals surface area contributed by atoms with E-state index in [2.05, 4.69) is 4.52 Å². The van der Waals surface area contributed by atoms with Gasteiger partial charge in [0.25, 0.3) is 5.56 Å². The van der Waals surface area contributed by atoms with E-state index < -0.39 is 50.1 Å². The Morgan fingerprint density at radius 3 is 2.59 bits per heavy atom. The van der Waals surface area contributed by atoms with Crippen LogP contribution < -0.4 is 11.2 Å². The van der Waals surface area contributed by atoms with E-state index in [1.54, 1.807) is 0 Å². The maximum atomic E-state index is 11.8. The molecule has 0 amide bonds. The van der Waals surface area contributed by atoms with E-state index >= 15 is 0 Å². The Morgan fingerprint density at radius 1 is 1.36 bits per heavy atom. The van der Waals surface area contributed by atoms with E-state index in [4.69, 9.17) is 14.5 Å². The summed E-state index contributed by atoms with van der Waals surface area (Å²) >= 11 is 0. The molecule has 0 spiro atoms. The SMILES string of the molecule is Cn1cc(C2OC(COP(=O)(O)O)[C@@H](O)C2O)c(=O)[nH]c1=O. The van der Waals surface area contributed by atoms with Crippen LogP contribution >= 0.6 is 7.82 Å². The van der Waals surface area contributed by atoms with Gasteiger partial charge >= 0.3 is 13.5 Å².